The van der Waals surface area contributed by atoms with Crippen molar-refractivity contribution in [3.8, 4) is 0 Å². The zero-order valence-electron chi connectivity index (χ0n) is 15.9. The number of halogens is 2. The first-order valence-corrected chi connectivity index (χ1v) is 10.2. The van der Waals surface area contributed by atoms with Crippen molar-refractivity contribution in [3.05, 3.63) is 94.1 Å². The standard InChI is InChI=1S/C23H18BrFN2O3/c24-21-10-9-20(30-21)22(28)26-19-7-3-17(4-8-19)23(29)27-13-11-16(12-14-27)15-1-5-18(25)6-2-15/h1-11H,12-14H2,(H,26,28). The number of nitrogens with one attached hydrogen (secondary N) is 1. The van der Waals surface area contributed by atoms with Crippen LogP contribution < -0.4 is 5.32 Å². The van der Waals surface area contributed by atoms with Crippen LogP contribution in [0.1, 0.15) is 32.9 Å². The molecule has 0 radical (unpaired) electrons. The Morgan fingerprint density at radius 2 is 1.73 bits per heavy atom. The van der Waals surface area contributed by atoms with Crippen LogP contribution in [-0.2, 0) is 0 Å². The first kappa shape index (κ1) is 20.1. The number of furan rings is 1. The molecule has 2 heterocycles. The van der Waals surface area contributed by atoms with Crippen molar-refractivity contribution in [1.82, 2.24) is 4.90 Å². The summed E-state index contributed by atoms with van der Waals surface area (Å²) in [4.78, 5) is 26.7. The van der Waals surface area contributed by atoms with Gasteiger partial charge in [0.1, 0.15) is 5.82 Å². The van der Waals surface area contributed by atoms with Crippen molar-refractivity contribution >= 4 is 39.0 Å². The van der Waals surface area contributed by atoms with E-state index in [1.165, 1.54) is 12.1 Å². The predicted octanol–water partition coefficient (Wildman–Crippen LogP) is 5.36. The molecule has 0 atom stereocenters. The molecular formula is C23H18BrFN2O3. The number of rotatable bonds is 4. The molecule has 152 valence electrons. The smallest absolute Gasteiger partial charge is 0.291 e. The molecule has 5 nitrogen and oxygen atoms in total. The van der Waals surface area contributed by atoms with E-state index in [9.17, 15) is 14.0 Å². The number of nitrogens with zero attached hydrogens (tertiary/aromatic N) is 1. The van der Waals surface area contributed by atoms with Gasteiger partial charge in [0.25, 0.3) is 11.8 Å². The molecule has 2 aromatic carbocycles. The van der Waals surface area contributed by atoms with Crippen molar-refractivity contribution in [3.63, 3.8) is 0 Å². The second-order valence-electron chi connectivity index (χ2n) is 6.87. The summed E-state index contributed by atoms with van der Waals surface area (Å²) >= 11 is 3.16. The third kappa shape index (κ3) is 4.52. The normalized spacial score (nSPS) is 13.7. The van der Waals surface area contributed by atoms with Gasteiger partial charge in [-0.15, -0.1) is 0 Å². The van der Waals surface area contributed by atoms with Crippen LogP contribution in [0.2, 0.25) is 0 Å². The quantitative estimate of drug-likeness (QED) is 0.560. The van der Waals surface area contributed by atoms with Crippen LogP contribution in [0.4, 0.5) is 10.1 Å². The molecule has 0 fully saturated rings. The molecule has 2 amide bonds. The fourth-order valence-corrected chi connectivity index (χ4v) is 3.59. The average molecular weight is 469 g/mol. The van der Waals surface area contributed by atoms with Gasteiger partial charge in [-0.05, 0) is 82.0 Å². The molecule has 4 rings (SSSR count). The SMILES string of the molecule is O=C(Nc1ccc(C(=O)N2CC=C(c3ccc(F)cc3)CC2)cc1)c1ccc(Br)o1. The number of benzene rings is 2. The minimum atomic E-state index is -0.366. The Kier molecular flexibility index (Phi) is 5.81. The minimum absolute atomic E-state index is 0.0720. The summed E-state index contributed by atoms with van der Waals surface area (Å²) in [5.74, 6) is -0.505. The van der Waals surface area contributed by atoms with Gasteiger partial charge in [-0.3, -0.25) is 9.59 Å². The molecule has 1 aliphatic heterocycles. The molecule has 1 N–H and O–H groups in total. The third-order valence-electron chi connectivity index (χ3n) is 4.90. The fraction of sp³-hybridized carbons (Fsp3) is 0.130. The Morgan fingerprint density at radius 1 is 1.00 bits per heavy atom. The van der Waals surface area contributed by atoms with E-state index in [1.54, 1.807) is 53.4 Å². The highest BCUT2D eigenvalue weighted by Gasteiger charge is 2.19. The molecule has 0 aliphatic carbocycles. The van der Waals surface area contributed by atoms with Gasteiger partial charge in [-0.1, -0.05) is 18.2 Å². The molecule has 0 bridgehead atoms. The summed E-state index contributed by atoms with van der Waals surface area (Å²) in [7, 11) is 0. The zero-order chi connectivity index (χ0) is 21.1. The molecule has 30 heavy (non-hydrogen) atoms. The lowest BCUT2D eigenvalue weighted by molar-refractivity contribution is 0.0772. The monoisotopic (exact) mass is 468 g/mol. The van der Waals surface area contributed by atoms with Gasteiger partial charge in [0.2, 0.25) is 0 Å². The number of hydrogen-bond acceptors (Lipinski definition) is 3. The Labute approximate surface area is 181 Å². The van der Waals surface area contributed by atoms with Crippen molar-refractivity contribution in [2.45, 2.75) is 6.42 Å². The summed E-state index contributed by atoms with van der Waals surface area (Å²) in [5.41, 5.74) is 3.21. The summed E-state index contributed by atoms with van der Waals surface area (Å²) < 4.78 is 18.8. The van der Waals surface area contributed by atoms with Gasteiger partial charge in [0, 0.05) is 24.3 Å². The third-order valence-corrected chi connectivity index (χ3v) is 5.32. The van der Waals surface area contributed by atoms with Crippen LogP contribution in [0.5, 0.6) is 0 Å². The Balaban J connectivity index is 1.38. The van der Waals surface area contributed by atoms with Crippen molar-refractivity contribution in [2.75, 3.05) is 18.4 Å². The Bertz CT molecular complexity index is 1100. The van der Waals surface area contributed by atoms with E-state index in [0.29, 0.717) is 35.4 Å². The fourth-order valence-electron chi connectivity index (χ4n) is 3.29. The van der Waals surface area contributed by atoms with Crippen molar-refractivity contribution in [1.29, 1.82) is 0 Å². The summed E-state index contributed by atoms with van der Waals surface area (Å²) in [6.45, 7) is 1.09. The Hall–Kier alpha value is -3.19. The molecule has 0 unspecified atom stereocenters. The Morgan fingerprint density at radius 3 is 2.33 bits per heavy atom. The number of hydrogen-bond donors (Lipinski definition) is 1. The van der Waals surface area contributed by atoms with E-state index in [0.717, 1.165) is 11.1 Å². The van der Waals surface area contributed by atoms with Crippen LogP contribution in [0.3, 0.4) is 0 Å². The zero-order valence-corrected chi connectivity index (χ0v) is 17.5. The molecule has 7 heteroatoms. The van der Waals surface area contributed by atoms with Gasteiger partial charge >= 0.3 is 0 Å². The van der Waals surface area contributed by atoms with E-state index < -0.39 is 0 Å². The summed E-state index contributed by atoms with van der Waals surface area (Å²) in [5, 5.41) is 2.73. The first-order chi connectivity index (χ1) is 14.5. The second kappa shape index (κ2) is 8.67. The number of anilines is 1. The van der Waals surface area contributed by atoms with Gasteiger partial charge < -0.3 is 14.6 Å². The number of carbonyl (C=O) groups is 2. The number of carbonyl (C=O) groups excluding carboxylic acids is 2. The predicted molar refractivity (Wildman–Crippen MR) is 116 cm³/mol. The van der Waals surface area contributed by atoms with Crippen LogP contribution in [-0.4, -0.2) is 29.8 Å². The lowest BCUT2D eigenvalue weighted by Crippen LogP contribution is -2.34. The molecule has 0 saturated heterocycles. The molecule has 1 aromatic heterocycles. The van der Waals surface area contributed by atoms with E-state index in [-0.39, 0.29) is 23.4 Å². The summed E-state index contributed by atoms with van der Waals surface area (Å²) in [6, 6.07) is 16.4. The average Bonchev–Trinajstić information content (AvgIpc) is 3.21. The molecule has 0 spiro atoms. The highest BCUT2D eigenvalue weighted by atomic mass is 79.9. The van der Waals surface area contributed by atoms with Gasteiger partial charge in [-0.2, -0.15) is 0 Å². The van der Waals surface area contributed by atoms with E-state index in [1.807, 2.05) is 6.08 Å². The van der Waals surface area contributed by atoms with E-state index >= 15 is 0 Å². The number of amides is 2. The van der Waals surface area contributed by atoms with Crippen molar-refractivity contribution in [2.24, 2.45) is 0 Å². The van der Waals surface area contributed by atoms with Crippen LogP contribution in [0.25, 0.3) is 5.57 Å². The maximum Gasteiger partial charge on any atom is 0.291 e. The van der Waals surface area contributed by atoms with Gasteiger partial charge in [-0.25, -0.2) is 4.39 Å². The molecule has 0 saturated carbocycles. The van der Waals surface area contributed by atoms with Crippen molar-refractivity contribution < 1.29 is 18.4 Å². The van der Waals surface area contributed by atoms with Gasteiger partial charge in [0.15, 0.2) is 10.4 Å². The highest BCUT2D eigenvalue weighted by molar-refractivity contribution is 9.10. The second-order valence-corrected chi connectivity index (χ2v) is 7.65. The highest BCUT2D eigenvalue weighted by Crippen LogP contribution is 2.24. The van der Waals surface area contributed by atoms with Crippen LogP contribution in [0, 0.1) is 5.82 Å². The lowest BCUT2D eigenvalue weighted by Gasteiger charge is -2.27. The van der Waals surface area contributed by atoms with E-state index in [2.05, 4.69) is 21.2 Å². The van der Waals surface area contributed by atoms with Gasteiger partial charge in [0.05, 0.1) is 0 Å². The van der Waals surface area contributed by atoms with Crippen LogP contribution >= 0.6 is 15.9 Å². The minimum Gasteiger partial charge on any atom is -0.444 e. The largest absolute Gasteiger partial charge is 0.444 e. The summed E-state index contributed by atoms with van der Waals surface area (Å²) in [6.07, 6.45) is 2.72. The van der Waals surface area contributed by atoms with E-state index in [4.69, 9.17) is 4.42 Å². The molecular weight excluding hydrogens is 451 g/mol. The molecule has 3 aromatic rings. The topological polar surface area (TPSA) is 62.6 Å². The molecule has 1 aliphatic rings. The first-order valence-electron chi connectivity index (χ1n) is 9.40. The maximum absolute atomic E-state index is 13.1. The lowest BCUT2D eigenvalue weighted by atomic mass is 9.99. The maximum atomic E-state index is 13.1. The van der Waals surface area contributed by atoms with Crippen LogP contribution in [0.15, 0.2) is 75.8 Å².